The fourth-order valence-electron chi connectivity index (χ4n) is 5.04. The van der Waals surface area contributed by atoms with E-state index >= 15 is 0 Å². The van der Waals surface area contributed by atoms with Crippen molar-refractivity contribution in [2.24, 2.45) is 0 Å². The molecule has 2 aromatic rings. The van der Waals surface area contributed by atoms with E-state index < -0.39 is 10.0 Å². The van der Waals surface area contributed by atoms with Crippen LogP contribution in [0.25, 0.3) is 0 Å². The number of pyridine rings is 2. The van der Waals surface area contributed by atoms with Gasteiger partial charge in [-0.25, -0.2) is 18.4 Å². The highest BCUT2D eigenvalue weighted by Gasteiger charge is 2.35. The van der Waals surface area contributed by atoms with Gasteiger partial charge in [-0.1, -0.05) is 30.1 Å². The minimum absolute atomic E-state index is 0.110. The van der Waals surface area contributed by atoms with Crippen molar-refractivity contribution in [3.8, 4) is 0 Å². The largest absolute Gasteiger partial charge is 0.383 e. The summed E-state index contributed by atoms with van der Waals surface area (Å²) in [6.07, 6.45) is 5.31. The van der Waals surface area contributed by atoms with Gasteiger partial charge in [0.05, 0.1) is 28.7 Å². The third-order valence-corrected chi connectivity index (χ3v) is 7.86. The lowest BCUT2D eigenvalue weighted by Gasteiger charge is -2.47. The summed E-state index contributed by atoms with van der Waals surface area (Å²) in [5, 5.41) is 0.681. The molecule has 0 radical (unpaired) electrons. The second-order valence-corrected chi connectivity index (χ2v) is 11.8. The predicted molar refractivity (Wildman–Crippen MR) is 143 cm³/mol. The second-order valence-electron chi connectivity index (χ2n) is 9.24. The Hall–Kier alpha value is -2.34. The first-order valence-corrected chi connectivity index (χ1v) is 14.6. The fourth-order valence-corrected chi connectivity index (χ4v) is 6.02. The van der Waals surface area contributed by atoms with Crippen molar-refractivity contribution < 1.29 is 13.2 Å². The van der Waals surface area contributed by atoms with E-state index in [-0.39, 0.29) is 16.9 Å². The molecule has 13 heteroatoms. The number of rotatable bonds is 6. The van der Waals surface area contributed by atoms with Gasteiger partial charge in [-0.15, -0.1) is 0 Å². The number of hydrogen-bond acceptors (Lipinski definition) is 8. The van der Waals surface area contributed by atoms with Crippen LogP contribution in [0.2, 0.25) is 10.2 Å². The number of carbonyl (C=O) groups is 1. The quantitative estimate of drug-likeness (QED) is 0.521. The monoisotopic (exact) mass is 555 g/mol. The molecule has 1 amide bonds. The van der Waals surface area contributed by atoms with Crippen LogP contribution in [0.15, 0.2) is 24.4 Å². The molecule has 4 heterocycles. The number of nitrogens with zero attached hydrogens (tertiary/aromatic N) is 5. The van der Waals surface area contributed by atoms with Gasteiger partial charge < -0.3 is 15.5 Å². The number of carbonyl (C=O) groups excluding carboxylic acids is 1. The maximum atomic E-state index is 13.0. The van der Waals surface area contributed by atoms with E-state index in [2.05, 4.69) is 31.4 Å². The molecule has 2 aromatic heterocycles. The number of nitrogens with one attached hydrogen (secondary N) is 1. The lowest BCUT2D eigenvalue weighted by Crippen LogP contribution is -2.58. The van der Waals surface area contributed by atoms with E-state index in [4.69, 9.17) is 28.9 Å². The lowest BCUT2D eigenvalue weighted by atomic mass is 9.97. The van der Waals surface area contributed by atoms with Crippen molar-refractivity contribution in [1.82, 2.24) is 19.8 Å². The van der Waals surface area contributed by atoms with E-state index in [9.17, 15) is 13.2 Å². The van der Waals surface area contributed by atoms with Gasteiger partial charge in [-0.05, 0) is 37.5 Å². The smallest absolute Gasteiger partial charge is 0.257 e. The topological polar surface area (TPSA) is 125 Å². The normalized spacial score (nSPS) is 19.9. The van der Waals surface area contributed by atoms with Crippen molar-refractivity contribution in [2.45, 2.75) is 38.3 Å². The number of aromatic nitrogens is 2. The van der Waals surface area contributed by atoms with Crippen molar-refractivity contribution in [2.75, 3.05) is 54.3 Å². The van der Waals surface area contributed by atoms with Crippen LogP contribution in [0.4, 0.5) is 17.3 Å². The average molecular weight is 557 g/mol. The third kappa shape index (κ3) is 6.13. The summed E-state index contributed by atoms with van der Waals surface area (Å²) in [7, 11) is -3.40. The molecule has 10 nitrogen and oxygen atoms in total. The Balaban J connectivity index is 1.37. The number of piperazine rings is 1. The first-order chi connectivity index (χ1) is 17.1. The molecule has 2 aliphatic heterocycles. The van der Waals surface area contributed by atoms with Gasteiger partial charge in [0.2, 0.25) is 10.0 Å². The highest BCUT2D eigenvalue weighted by atomic mass is 35.5. The zero-order valence-electron chi connectivity index (χ0n) is 20.3. The summed E-state index contributed by atoms with van der Waals surface area (Å²) in [6, 6.07) is 5.50. The number of amides is 1. The molecule has 0 saturated carbocycles. The minimum atomic E-state index is -3.40. The summed E-state index contributed by atoms with van der Waals surface area (Å²) in [5.74, 6) is 0.703. The number of halogens is 2. The summed E-state index contributed by atoms with van der Waals surface area (Å²) in [4.78, 5) is 27.9. The zero-order chi connectivity index (χ0) is 26.0. The Bertz CT molecular complexity index is 1220. The first-order valence-electron chi connectivity index (χ1n) is 11.9. The number of sulfonamides is 1. The number of nitrogen functional groups attached to an aromatic ring is 1. The molecule has 36 heavy (non-hydrogen) atoms. The van der Waals surface area contributed by atoms with Crippen LogP contribution >= 0.6 is 23.2 Å². The molecule has 0 unspecified atom stereocenters. The highest BCUT2D eigenvalue weighted by Crippen LogP contribution is 2.31. The Kier molecular flexibility index (Phi) is 8.13. The molecular formula is C23H31Cl2N7O3S. The van der Waals surface area contributed by atoms with E-state index in [1.165, 1.54) is 6.20 Å². The Morgan fingerprint density at radius 1 is 1.19 bits per heavy atom. The molecule has 0 aromatic carbocycles. The summed E-state index contributed by atoms with van der Waals surface area (Å²) in [5.41, 5.74) is 6.65. The van der Waals surface area contributed by atoms with Gasteiger partial charge in [0.15, 0.2) is 0 Å². The third-order valence-electron chi connectivity index (χ3n) is 6.77. The highest BCUT2D eigenvalue weighted by molar-refractivity contribution is 7.92. The molecule has 3 N–H and O–H groups in total. The van der Waals surface area contributed by atoms with Gasteiger partial charge in [-0.3, -0.25) is 14.4 Å². The van der Waals surface area contributed by atoms with Crippen molar-refractivity contribution >= 4 is 56.5 Å². The molecule has 196 valence electrons. The van der Waals surface area contributed by atoms with E-state index in [1.54, 1.807) is 18.2 Å². The van der Waals surface area contributed by atoms with Gasteiger partial charge in [0, 0.05) is 44.8 Å². The van der Waals surface area contributed by atoms with E-state index in [0.717, 1.165) is 45.2 Å². The van der Waals surface area contributed by atoms with Crippen molar-refractivity contribution in [1.29, 1.82) is 0 Å². The van der Waals surface area contributed by atoms with Gasteiger partial charge >= 0.3 is 0 Å². The van der Waals surface area contributed by atoms with E-state index in [0.29, 0.717) is 47.3 Å². The molecular weight excluding hydrogens is 525 g/mol. The molecule has 2 aliphatic rings. The van der Waals surface area contributed by atoms with Crippen LogP contribution in [0.3, 0.4) is 0 Å². The van der Waals surface area contributed by atoms with E-state index in [1.807, 2.05) is 4.90 Å². The maximum absolute atomic E-state index is 13.0. The molecule has 0 spiro atoms. The Morgan fingerprint density at radius 3 is 2.53 bits per heavy atom. The van der Waals surface area contributed by atoms with Crippen molar-refractivity contribution in [3.05, 3.63) is 40.1 Å². The maximum Gasteiger partial charge on any atom is 0.257 e. The fraction of sp³-hybridized carbons (Fsp3) is 0.522. The number of likely N-dealkylation sites (tertiary alicyclic amines) is 1. The minimum Gasteiger partial charge on any atom is -0.383 e. The van der Waals surface area contributed by atoms with Crippen LogP contribution in [0.1, 0.15) is 36.5 Å². The number of nitrogens with two attached hydrogens (primary N) is 1. The summed E-state index contributed by atoms with van der Waals surface area (Å²) >= 11 is 12.3. The predicted octanol–water partition coefficient (Wildman–Crippen LogP) is 2.94. The van der Waals surface area contributed by atoms with Crippen LogP contribution < -0.4 is 15.4 Å². The van der Waals surface area contributed by atoms with Crippen LogP contribution in [-0.4, -0.2) is 85.2 Å². The van der Waals surface area contributed by atoms with Crippen LogP contribution in [0.5, 0.6) is 0 Å². The van der Waals surface area contributed by atoms with Gasteiger partial charge in [0.1, 0.15) is 16.8 Å². The van der Waals surface area contributed by atoms with Gasteiger partial charge in [-0.2, -0.15) is 0 Å². The Labute approximate surface area is 221 Å². The zero-order valence-corrected chi connectivity index (χ0v) is 22.7. The molecule has 2 saturated heterocycles. The number of piperidine rings is 1. The molecule has 4 rings (SSSR count). The molecule has 0 aliphatic carbocycles. The Morgan fingerprint density at radius 2 is 1.92 bits per heavy atom. The first kappa shape index (κ1) is 26.7. The molecule has 2 fully saturated rings. The van der Waals surface area contributed by atoms with Crippen LogP contribution in [0, 0.1) is 0 Å². The lowest BCUT2D eigenvalue weighted by molar-refractivity contribution is 0.0491. The summed E-state index contributed by atoms with van der Waals surface area (Å²) < 4.78 is 25.4. The molecule has 0 bridgehead atoms. The second kappa shape index (κ2) is 11.0. The SMILES string of the molecule is CC[C@H]1CN(c2ncc(NS(C)(=O)=O)cc2Cl)CCN1C1CCN(C(=O)c2ccc(Cl)nc2N)CC1. The number of anilines is 3. The standard InChI is InChI=1S/C23H31Cl2N7O3S/c1-3-16-14-31(22-19(24)12-15(13-27-22)29-36(2,34)35)10-11-32(16)17-6-8-30(9-7-17)23(33)18-4-5-20(25)28-21(18)26/h4-5,12-13,16-17,29H,3,6-11,14H2,1-2H3,(H2,26,28)/t16-/m0/s1. The van der Waals surface area contributed by atoms with Gasteiger partial charge in [0.25, 0.3) is 5.91 Å². The average Bonchev–Trinajstić information content (AvgIpc) is 2.82. The van der Waals surface area contributed by atoms with Crippen LogP contribution in [-0.2, 0) is 10.0 Å². The van der Waals surface area contributed by atoms with Crippen molar-refractivity contribution in [3.63, 3.8) is 0 Å². The molecule has 1 atom stereocenters. The summed E-state index contributed by atoms with van der Waals surface area (Å²) in [6.45, 7) is 5.87. The number of hydrogen-bond donors (Lipinski definition) is 2.